The van der Waals surface area contributed by atoms with Crippen molar-refractivity contribution in [2.24, 2.45) is 0 Å². The fourth-order valence-electron chi connectivity index (χ4n) is 3.19. The van der Waals surface area contributed by atoms with E-state index in [0.717, 1.165) is 15.6 Å². The lowest BCUT2D eigenvalue weighted by molar-refractivity contribution is -0.385. The first-order valence-electron chi connectivity index (χ1n) is 7.91. The summed E-state index contributed by atoms with van der Waals surface area (Å²) in [5.41, 5.74) is 0.985. The van der Waals surface area contributed by atoms with Crippen molar-refractivity contribution in [3.63, 3.8) is 0 Å². The molecular weight excluding hydrogens is 372 g/mol. The van der Waals surface area contributed by atoms with Gasteiger partial charge in [-0.15, -0.1) is 0 Å². The number of nitro groups is 1. The third kappa shape index (κ3) is 3.66. The Bertz CT molecular complexity index is 725. The standard InChI is InChI=1S/C18H19BrN2O3/c19-16-7-5-15(6-8-16)18(22)9-11-20(12-10-18)13-14-3-1-2-4-17(14)21(23)24/h1-8,22H,9-13H2. The van der Waals surface area contributed by atoms with Crippen LogP contribution >= 0.6 is 15.9 Å². The highest BCUT2D eigenvalue weighted by atomic mass is 79.9. The molecule has 1 heterocycles. The van der Waals surface area contributed by atoms with Gasteiger partial charge in [0.1, 0.15) is 0 Å². The molecule has 5 nitrogen and oxygen atoms in total. The number of piperidine rings is 1. The van der Waals surface area contributed by atoms with Gasteiger partial charge in [0.05, 0.1) is 10.5 Å². The lowest BCUT2D eigenvalue weighted by atomic mass is 9.84. The number of benzene rings is 2. The maximum Gasteiger partial charge on any atom is 0.273 e. The molecule has 0 radical (unpaired) electrons. The van der Waals surface area contributed by atoms with Crippen molar-refractivity contribution in [1.29, 1.82) is 0 Å². The molecule has 2 aromatic carbocycles. The molecule has 0 amide bonds. The number of nitro benzene ring substituents is 1. The molecule has 1 aliphatic rings. The van der Waals surface area contributed by atoms with Crippen LogP contribution in [0.3, 0.4) is 0 Å². The van der Waals surface area contributed by atoms with E-state index in [-0.39, 0.29) is 10.6 Å². The Labute approximate surface area is 149 Å². The number of hydrogen-bond acceptors (Lipinski definition) is 4. The minimum atomic E-state index is -0.820. The highest BCUT2D eigenvalue weighted by Crippen LogP contribution is 2.34. The topological polar surface area (TPSA) is 66.6 Å². The summed E-state index contributed by atoms with van der Waals surface area (Å²) in [4.78, 5) is 12.9. The Hall–Kier alpha value is -1.76. The van der Waals surface area contributed by atoms with Gasteiger partial charge in [-0.05, 0) is 30.5 Å². The van der Waals surface area contributed by atoms with Gasteiger partial charge in [-0.2, -0.15) is 0 Å². The smallest absolute Gasteiger partial charge is 0.273 e. The summed E-state index contributed by atoms with van der Waals surface area (Å²) < 4.78 is 0.990. The van der Waals surface area contributed by atoms with Crippen LogP contribution in [0.1, 0.15) is 24.0 Å². The first-order valence-corrected chi connectivity index (χ1v) is 8.70. The van der Waals surface area contributed by atoms with E-state index in [9.17, 15) is 15.2 Å². The quantitative estimate of drug-likeness (QED) is 0.635. The van der Waals surface area contributed by atoms with E-state index in [0.29, 0.717) is 32.5 Å². The summed E-state index contributed by atoms with van der Waals surface area (Å²) in [7, 11) is 0. The van der Waals surface area contributed by atoms with Gasteiger partial charge in [-0.1, -0.05) is 46.3 Å². The minimum absolute atomic E-state index is 0.159. The molecule has 0 unspecified atom stereocenters. The first kappa shape index (κ1) is 17.1. The predicted octanol–water partition coefficient (Wildman–Crippen LogP) is 3.84. The molecule has 1 saturated heterocycles. The lowest BCUT2D eigenvalue weighted by Gasteiger charge is -2.38. The summed E-state index contributed by atoms with van der Waals surface area (Å²) in [5, 5.41) is 22.0. The van der Waals surface area contributed by atoms with Crippen LogP contribution in [0.2, 0.25) is 0 Å². The van der Waals surface area contributed by atoms with Crippen LogP contribution < -0.4 is 0 Å². The van der Waals surface area contributed by atoms with E-state index in [1.807, 2.05) is 30.3 Å². The molecule has 1 aliphatic heterocycles. The van der Waals surface area contributed by atoms with E-state index in [1.165, 1.54) is 6.07 Å². The predicted molar refractivity (Wildman–Crippen MR) is 95.6 cm³/mol. The van der Waals surface area contributed by atoms with Crippen molar-refractivity contribution in [3.8, 4) is 0 Å². The molecule has 0 atom stereocenters. The molecule has 24 heavy (non-hydrogen) atoms. The van der Waals surface area contributed by atoms with Gasteiger partial charge in [0.15, 0.2) is 0 Å². The molecule has 1 N–H and O–H groups in total. The molecule has 0 aromatic heterocycles. The molecule has 6 heteroatoms. The van der Waals surface area contributed by atoms with Gasteiger partial charge in [0.25, 0.3) is 5.69 Å². The number of halogens is 1. The zero-order valence-corrected chi connectivity index (χ0v) is 14.8. The molecule has 0 saturated carbocycles. The second-order valence-corrected chi connectivity index (χ2v) is 7.12. The van der Waals surface area contributed by atoms with Gasteiger partial charge >= 0.3 is 0 Å². The fourth-order valence-corrected chi connectivity index (χ4v) is 3.46. The van der Waals surface area contributed by atoms with Gasteiger partial charge in [0.2, 0.25) is 0 Å². The van der Waals surface area contributed by atoms with Gasteiger partial charge in [-0.25, -0.2) is 0 Å². The normalized spacial score (nSPS) is 17.6. The van der Waals surface area contributed by atoms with E-state index < -0.39 is 5.60 Å². The van der Waals surface area contributed by atoms with Crippen LogP contribution in [0, 0.1) is 10.1 Å². The van der Waals surface area contributed by atoms with E-state index in [2.05, 4.69) is 20.8 Å². The van der Waals surface area contributed by atoms with E-state index >= 15 is 0 Å². The first-order chi connectivity index (χ1) is 11.5. The SMILES string of the molecule is O=[N+]([O-])c1ccccc1CN1CCC(O)(c2ccc(Br)cc2)CC1. The molecule has 0 spiro atoms. The molecule has 3 rings (SSSR count). The van der Waals surface area contributed by atoms with Crippen LogP contribution in [-0.4, -0.2) is 28.0 Å². The van der Waals surface area contributed by atoms with Crippen molar-refractivity contribution in [2.75, 3.05) is 13.1 Å². The highest BCUT2D eigenvalue weighted by molar-refractivity contribution is 9.10. The Balaban J connectivity index is 1.67. The Morgan fingerprint density at radius 1 is 1.12 bits per heavy atom. The lowest BCUT2D eigenvalue weighted by Crippen LogP contribution is -2.42. The summed E-state index contributed by atoms with van der Waals surface area (Å²) in [5.74, 6) is 0. The molecule has 1 fully saturated rings. The van der Waals surface area contributed by atoms with Crippen molar-refractivity contribution < 1.29 is 10.0 Å². The Kier molecular flexibility index (Phi) is 4.99. The van der Waals surface area contributed by atoms with Crippen molar-refractivity contribution in [1.82, 2.24) is 4.90 Å². The molecular formula is C18H19BrN2O3. The van der Waals surface area contributed by atoms with Crippen LogP contribution in [0.15, 0.2) is 53.0 Å². The Morgan fingerprint density at radius 2 is 1.75 bits per heavy atom. The maximum absolute atomic E-state index is 11.1. The number of likely N-dealkylation sites (tertiary alicyclic amines) is 1. The average Bonchev–Trinajstić information content (AvgIpc) is 2.58. The summed E-state index contributed by atoms with van der Waals surface area (Å²) in [6.45, 7) is 1.95. The molecule has 0 bridgehead atoms. The van der Waals surface area contributed by atoms with Crippen molar-refractivity contribution in [3.05, 3.63) is 74.2 Å². The van der Waals surface area contributed by atoms with Crippen LogP contribution in [0.5, 0.6) is 0 Å². The molecule has 0 aliphatic carbocycles. The number of para-hydroxylation sites is 1. The number of rotatable bonds is 4. The van der Waals surface area contributed by atoms with Crippen LogP contribution in [0.25, 0.3) is 0 Å². The largest absolute Gasteiger partial charge is 0.385 e. The van der Waals surface area contributed by atoms with Crippen LogP contribution in [-0.2, 0) is 12.1 Å². The monoisotopic (exact) mass is 390 g/mol. The number of hydrogen-bond donors (Lipinski definition) is 1. The van der Waals surface area contributed by atoms with Crippen molar-refractivity contribution >= 4 is 21.6 Å². The second-order valence-electron chi connectivity index (χ2n) is 6.20. The van der Waals surface area contributed by atoms with Gasteiger partial charge < -0.3 is 5.11 Å². The third-order valence-corrected chi connectivity index (χ3v) is 5.18. The van der Waals surface area contributed by atoms with E-state index in [1.54, 1.807) is 12.1 Å². The highest BCUT2D eigenvalue weighted by Gasteiger charge is 2.34. The number of nitrogens with zero attached hydrogens (tertiary/aromatic N) is 2. The number of aliphatic hydroxyl groups is 1. The summed E-state index contributed by atoms with van der Waals surface area (Å²) >= 11 is 3.41. The minimum Gasteiger partial charge on any atom is -0.385 e. The van der Waals surface area contributed by atoms with E-state index in [4.69, 9.17) is 0 Å². The van der Waals surface area contributed by atoms with Gasteiger partial charge in [0, 0.05) is 35.7 Å². The third-order valence-electron chi connectivity index (χ3n) is 4.65. The van der Waals surface area contributed by atoms with Crippen LogP contribution in [0.4, 0.5) is 5.69 Å². The average molecular weight is 391 g/mol. The molecule has 2 aromatic rings. The van der Waals surface area contributed by atoms with Gasteiger partial charge in [-0.3, -0.25) is 15.0 Å². The molecule has 126 valence electrons. The maximum atomic E-state index is 11.1. The Morgan fingerprint density at radius 3 is 2.38 bits per heavy atom. The second kappa shape index (κ2) is 7.01. The zero-order chi connectivity index (χ0) is 17.2. The fraction of sp³-hybridized carbons (Fsp3) is 0.333. The zero-order valence-electron chi connectivity index (χ0n) is 13.2. The summed E-state index contributed by atoms with van der Waals surface area (Å²) in [6, 6.07) is 14.6. The summed E-state index contributed by atoms with van der Waals surface area (Å²) in [6.07, 6.45) is 1.24. The van der Waals surface area contributed by atoms with Crippen molar-refractivity contribution in [2.45, 2.75) is 25.0 Å².